The molecule has 3 N–H and O–H groups in total. The summed E-state index contributed by atoms with van der Waals surface area (Å²) in [6, 6.07) is 0.597. The van der Waals surface area contributed by atoms with Crippen molar-refractivity contribution in [2.75, 3.05) is 12.8 Å². The van der Waals surface area contributed by atoms with Crippen LogP contribution in [0, 0.1) is 5.92 Å². The summed E-state index contributed by atoms with van der Waals surface area (Å²) in [5.41, 5.74) is 6.65. The molecule has 2 rings (SSSR count). The van der Waals surface area contributed by atoms with E-state index in [0.717, 1.165) is 11.5 Å². The molecule has 0 aliphatic heterocycles. The van der Waals surface area contributed by atoms with Crippen LogP contribution in [0.1, 0.15) is 25.3 Å². The zero-order chi connectivity index (χ0) is 11.5. The average molecular weight is 222 g/mol. The van der Waals surface area contributed by atoms with Gasteiger partial charge in [0.1, 0.15) is 12.1 Å². The van der Waals surface area contributed by atoms with Crippen LogP contribution in [0.4, 0.5) is 5.82 Å². The second kappa shape index (κ2) is 4.65. The Bertz CT molecular complexity index is 363. The maximum atomic E-state index is 5.80. The molecule has 1 aliphatic carbocycles. The highest BCUT2D eigenvalue weighted by Crippen LogP contribution is 2.27. The topological polar surface area (TPSA) is 73.1 Å². The minimum atomic E-state index is 0.492. The number of ether oxygens (including phenoxy) is 1. The number of anilines is 1. The number of hydrogen-bond donors (Lipinski definition) is 2. The summed E-state index contributed by atoms with van der Waals surface area (Å²) in [5.74, 6) is 1.89. The molecular weight excluding hydrogens is 204 g/mol. The molecule has 0 atom stereocenters. The third-order valence-electron chi connectivity index (χ3n) is 3.07. The number of aromatic nitrogens is 2. The molecule has 0 amide bonds. The lowest BCUT2D eigenvalue weighted by Gasteiger charge is -2.33. The number of nitrogens with zero attached hydrogens (tertiary/aromatic N) is 2. The number of nitrogens with one attached hydrogen (secondary N) is 1. The summed E-state index contributed by atoms with van der Waals surface area (Å²) in [6.07, 6.45) is 3.88. The van der Waals surface area contributed by atoms with Crippen LogP contribution in [0.3, 0.4) is 0 Å². The molecule has 1 saturated carbocycles. The minimum Gasteiger partial charge on any atom is -0.481 e. The zero-order valence-electron chi connectivity index (χ0n) is 9.73. The van der Waals surface area contributed by atoms with Crippen molar-refractivity contribution in [2.45, 2.75) is 32.4 Å². The molecule has 5 heteroatoms. The first kappa shape index (κ1) is 11.1. The summed E-state index contributed by atoms with van der Waals surface area (Å²) in [5, 5.41) is 3.44. The van der Waals surface area contributed by atoms with E-state index in [1.54, 1.807) is 7.11 Å². The van der Waals surface area contributed by atoms with Crippen molar-refractivity contribution in [3.63, 3.8) is 0 Å². The van der Waals surface area contributed by atoms with E-state index < -0.39 is 0 Å². The van der Waals surface area contributed by atoms with Crippen molar-refractivity contribution in [3.05, 3.63) is 11.9 Å². The summed E-state index contributed by atoms with van der Waals surface area (Å²) in [6.45, 7) is 2.94. The largest absolute Gasteiger partial charge is 0.481 e. The van der Waals surface area contributed by atoms with Crippen molar-refractivity contribution in [2.24, 2.45) is 5.92 Å². The lowest BCUT2D eigenvalue weighted by atomic mass is 9.82. The Labute approximate surface area is 95.4 Å². The molecular formula is C11H18N4O. The van der Waals surface area contributed by atoms with E-state index in [-0.39, 0.29) is 0 Å². The Morgan fingerprint density at radius 3 is 2.88 bits per heavy atom. The highest BCUT2D eigenvalue weighted by molar-refractivity contribution is 5.44. The van der Waals surface area contributed by atoms with Crippen LogP contribution in [0.2, 0.25) is 0 Å². The van der Waals surface area contributed by atoms with Gasteiger partial charge < -0.3 is 15.8 Å². The van der Waals surface area contributed by atoms with Gasteiger partial charge in [-0.25, -0.2) is 9.97 Å². The zero-order valence-corrected chi connectivity index (χ0v) is 9.73. The first-order valence-corrected chi connectivity index (χ1v) is 5.57. The van der Waals surface area contributed by atoms with E-state index >= 15 is 0 Å². The van der Waals surface area contributed by atoms with Gasteiger partial charge in [0, 0.05) is 12.6 Å². The number of hydrogen-bond acceptors (Lipinski definition) is 5. The molecule has 0 spiro atoms. The van der Waals surface area contributed by atoms with E-state index in [9.17, 15) is 0 Å². The van der Waals surface area contributed by atoms with E-state index in [2.05, 4.69) is 22.2 Å². The van der Waals surface area contributed by atoms with Gasteiger partial charge in [-0.2, -0.15) is 0 Å². The van der Waals surface area contributed by atoms with Gasteiger partial charge in [0.15, 0.2) is 0 Å². The third-order valence-corrected chi connectivity index (χ3v) is 3.07. The molecule has 0 unspecified atom stereocenters. The van der Waals surface area contributed by atoms with Gasteiger partial charge in [0.2, 0.25) is 5.88 Å². The van der Waals surface area contributed by atoms with Crippen molar-refractivity contribution in [3.8, 4) is 5.88 Å². The van der Waals surface area contributed by atoms with Crippen molar-refractivity contribution < 1.29 is 4.74 Å². The Kier molecular flexibility index (Phi) is 3.24. The van der Waals surface area contributed by atoms with Crippen molar-refractivity contribution >= 4 is 5.82 Å². The van der Waals surface area contributed by atoms with Gasteiger partial charge in [0.05, 0.1) is 12.7 Å². The van der Waals surface area contributed by atoms with Gasteiger partial charge in [0.25, 0.3) is 0 Å². The molecule has 88 valence electrons. The third kappa shape index (κ3) is 2.24. The first-order chi connectivity index (χ1) is 7.70. The molecule has 1 heterocycles. The highest BCUT2D eigenvalue weighted by Gasteiger charge is 2.25. The van der Waals surface area contributed by atoms with Crippen LogP contribution < -0.4 is 15.8 Å². The van der Waals surface area contributed by atoms with Crippen molar-refractivity contribution in [1.82, 2.24) is 15.3 Å². The molecule has 0 saturated heterocycles. The summed E-state index contributed by atoms with van der Waals surface area (Å²) < 4.78 is 5.16. The highest BCUT2D eigenvalue weighted by atomic mass is 16.5. The normalized spacial score (nSPS) is 23.9. The Morgan fingerprint density at radius 2 is 2.25 bits per heavy atom. The monoisotopic (exact) mass is 222 g/mol. The molecule has 1 fully saturated rings. The van der Waals surface area contributed by atoms with E-state index in [0.29, 0.717) is 24.3 Å². The average Bonchev–Trinajstić information content (AvgIpc) is 2.24. The second-order valence-electron chi connectivity index (χ2n) is 4.40. The van der Waals surface area contributed by atoms with Crippen LogP contribution in [0.25, 0.3) is 0 Å². The Hall–Kier alpha value is -1.36. The molecule has 1 aliphatic rings. The lowest BCUT2D eigenvalue weighted by Crippen LogP contribution is -2.39. The SMILES string of the molecule is COc1ncnc(N)c1CNC1CC(C)C1. The molecule has 0 radical (unpaired) electrons. The summed E-state index contributed by atoms with van der Waals surface area (Å²) in [7, 11) is 1.59. The molecule has 16 heavy (non-hydrogen) atoms. The smallest absolute Gasteiger partial charge is 0.222 e. The first-order valence-electron chi connectivity index (χ1n) is 5.57. The Balaban J connectivity index is 1.97. The van der Waals surface area contributed by atoms with Crippen LogP contribution in [0.15, 0.2) is 6.33 Å². The van der Waals surface area contributed by atoms with Gasteiger partial charge >= 0.3 is 0 Å². The molecule has 0 bridgehead atoms. The minimum absolute atomic E-state index is 0.492. The summed E-state index contributed by atoms with van der Waals surface area (Å²) >= 11 is 0. The fourth-order valence-electron chi connectivity index (χ4n) is 2.07. The van der Waals surface area contributed by atoms with Gasteiger partial charge in [-0.3, -0.25) is 0 Å². The number of nitrogens with two attached hydrogens (primary N) is 1. The van der Waals surface area contributed by atoms with Gasteiger partial charge in [-0.05, 0) is 18.8 Å². The van der Waals surface area contributed by atoms with Crippen LogP contribution in [0.5, 0.6) is 5.88 Å². The molecule has 0 aromatic carbocycles. The van der Waals surface area contributed by atoms with Crippen LogP contribution >= 0.6 is 0 Å². The lowest BCUT2D eigenvalue weighted by molar-refractivity contribution is 0.239. The van der Waals surface area contributed by atoms with E-state index in [1.165, 1.54) is 19.2 Å². The number of rotatable bonds is 4. The molecule has 1 aromatic heterocycles. The fraction of sp³-hybridized carbons (Fsp3) is 0.636. The van der Waals surface area contributed by atoms with Gasteiger partial charge in [-0.1, -0.05) is 6.92 Å². The quantitative estimate of drug-likeness (QED) is 0.793. The predicted octanol–water partition coefficient (Wildman–Crippen LogP) is 0.955. The molecule has 5 nitrogen and oxygen atoms in total. The summed E-state index contributed by atoms with van der Waals surface area (Å²) in [4.78, 5) is 8.01. The number of nitrogen functional groups attached to an aromatic ring is 1. The number of methoxy groups -OCH3 is 1. The maximum Gasteiger partial charge on any atom is 0.222 e. The second-order valence-corrected chi connectivity index (χ2v) is 4.40. The van der Waals surface area contributed by atoms with Crippen LogP contribution in [-0.4, -0.2) is 23.1 Å². The maximum absolute atomic E-state index is 5.80. The van der Waals surface area contributed by atoms with Crippen molar-refractivity contribution in [1.29, 1.82) is 0 Å². The van der Waals surface area contributed by atoms with Gasteiger partial charge in [-0.15, -0.1) is 0 Å². The van der Waals surface area contributed by atoms with E-state index in [4.69, 9.17) is 10.5 Å². The van der Waals surface area contributed by atoms with Crippen LogP contribution in [-0.2, 0) is 6.54 Å². The van der Waals surface area contributed by atoms with E-state index in [1.807, 2.05) is 0 Å². The molecule has 1 aromatic rings. The Morgan fingerprint density at radius 1 is 1.50 bits per heavy atom. The standard InChI is InChI=1S/C11H18N4O/c1-7-3-8(4-7)13-5-9-10(12)14-6-15-11(9)16-2/h6-8,13H,3-5H2,1-2H3,(H2,12,14,15). The predicted molar refractivity (Wildman–Crippen MR) is 62.0 cm³/mol. The fourth-order valence-corrected chi connectivity index (χ4v) is 2.07.